The number of carbonyl (C=O) groups excluding carboxylic acids is 1. The summed E-state index contributed by atoms with van der Waals surface area (Å²) in [4.78, 5) is 16.2. The number of pyridine rings is 1. The smallest absolute Gasteiger partial charge is 0.252 e. The molecule has 26 heavy (non-hydrogen) atoms. The second-order valence-electron chi connectivity index (χ2n) is 6.14. The normalized spacial score (nSPS) is 10.5. The van der Waals surface area contributed by atoms with Crippen molar-refractivity contribution in [1.29, 1.82) is 0 Å². The van der Waals surface area contributed by atoms with E-state index < -0.39 is 0 Å². The van der Waals surface area contributed by atoms with E-state index in [1.54, 1.807) is 16.9 Å². The Morgan fingerprint density at radius 2 is 2.04 bits per heavy atom. The molecule has 3 aromatic rings. The Labute approximate surface area is 153 Å². The van der Waals surface area contributed by atoms with Crippen LogP contribution in [0.1, 0.15) is 29.3 Å². The first-order chi connectivity index (χ1) is 12.7. The number of rotatable bonds is 7. The lowest BCUT2D eigenvalue weighted by molar-refractivity contribution is 0.0953. The molecule has 0 aliphatic carbocycles. The van der Waals surface area contributed by atoms with Crippen LogP contribution in [0.2, 0.25) is 0 Å². The summed E-state index contributed by atoms with van der Waals surface area (Å²) < 4.78 is 1.79. The molecular formula is C20H23N5O. The molecule has 0 radical (unpaired) electrons. The average molecular weight is 349 g/mol. The van der Waals surface area contributed by atoms with Crippen molar-refractivity contribution in [3.05, 3.63) is 66.1 Å². The summed E-state index contributed by atoms with van der Waals surface area (Å²) in [5.74, 6) is 0.652. The van der Waals surface area contributed by atoms with Crippen LogP contribution < -0.4 is 10.6 Å². The Morgan fingerprint density at radius 3 is 2.73 bits per heavy atom. The molecule has 0 aliphatic rings. The number of aryl methyl sites for hydroxylation is 1. The summed E-state index contributed by atoms with van der Waals surface area (Å²) in [5, 5.41) is 10.3. The number of hydrogen-bond donors (Lipinski definition) is 2. The van der Waals surface area contributed by atoms with Gasteiger partial charge in [-0.15, -0.1) is 0 Å². The van der Waals surface area contributed by atoms with E-state index in [0.717, 1.165) is 28.9 Å². The lowest BCUT2D eigenvalue weighted by Gasteiger charge is -2.08. The minimum absolute atomic E-state index is 0.0879. The number of amides is 1. The van der Waals surface area contributed by atoms with Gasteiger partial charge in [0, 0.05) is 38.1 Å². The number of nitrogens with one attached hydrogen (secondary N) is 2. The molecule has 0 saturated heterocycles. The number of hydrogen-bond acceptors (Lipinski definition) is 4. The van der Waals surface area contributed by atoms with Gasteiger partial charge in [0.15, 0.2) is 0 Å². The van der Waals surface area contributed by atoms with Crippen LogP contribution in [0.4, 0.5) is 5.82 Å². The van der Waals surface area contributed by atoms with Crippen LogP contribution in [-0.4, -0.2) is 27.2 Å². The summed E-state index contributed by atoms with van der Waals surface area (Å²) in [6.45, 7) is 3.35. The van der Waals surface area contributed by atoms with Crippen LogP contribution in [-0.2, 0) is 13.6 Å². The topological polar surface area (TPSA) is 71.8 Å². The SMILES string of the molecule is CCCNC(=O)c1ccc(NCc2cccc(-c3cnn(C)c3)c2)nc1. The molecule has 6 nitrogen and oxygen atoms in total. The van der Waals surface area contributed by atoms with E-state index in [1.165, 1.54) is 0 Å². The number of nitrogens with zero attached hydrogens (tertiary/aromatic N) is 3. The second kappa shape index (κ2) is 8.29. The van der Waals surface area contributed by atoms with Crippen molar-refractivity contribution in [1.82, 2.24) is 20.1 Å². The van der Waals surface area contributed by atoms with Crippen molar-refractivity contribution in [2.75, 3.05) is 11.9 Å². The minimum Gasteiger partial charge on any atom is -0.366 e. The molecular weight excluding hydrogens is 326 g/mol. The lowest BCUT2D eigenvalue weighted by Crippen LogP contribution is -2.24. The third-order valence-corrected chi connectivity index (χ3v) is 4.00. The second-order valence-corrected chi connectivity index (χ2v) is 6.14. The fraction of sp³-hybridized carbons (Fsp3) is 0.250. The molecule has 6 heteroatoms. The van der Waals surface area contributed by atoms with E-state index in [2.05, 4.69) is 38.9 Å². The highest BCUT2D eigenvalue weighted by atomic mass is 16.1. The molecule has 0 spiro atoms. The van der Waals surface area contributed by atoms with Gasteiger partial charge >= 0.3 is 0 Å². The van der Waals surface area contributed by atoms with Gasteiger partial charge in [-0.05, 0) is 35.7 Å². The van der Waals surface area contributed by atoms with Gasteiger partial charge in [0.25, 0.3) is 5.91 Å². The fourth-order valence-corrected chi connectivity index (χ4v) is 2.60. The summed E-state index contributed by atoms with van der Waals surface area (Å²) in [5.41, 5.74) is 3.95. The fourth-order valence-electron chi connectivity index (χ4n) is 2.60. The molecule has 2 N–H and O–H groups in total. The van der Waals surface area contributed by atoms with Crippen LogP contribution in [0.3, 0.4) is 0 Å². The zero-order valence-electron chi connectivity index (χ0n) is 15.1. The van der Waals surface area contributed by atoms with Crippen LogP contribution in [0.15, 0.2) is 55.0 Å². The summed E-state index contributed by atoms with van der Waals surface area (Å²) in [6.07, 6.45) is 6.36. The van der Waals surface area contributed by atoms with Gasteiger partial charge in [0.1, 0.15) is 5.82 Å². The highest BCUT2D eigenvalue weighted by Gasteiger charge is 2.05. The molecule has 0 unspecified atom stereocenters. The molecule has 0 fully saturated rings. The maximum atomic E-state index is 11.9. The predicted molar refractivity (Wildman–Crippen MR) is 103 cm³/mol. The first kappa shape index (κ1) is 17.7. The van der Waals surface area contributed by atoms with E-state index in [-0.39, 0.29) is 5.91 Å². The molecule has 2 heterocycles. The molecule has 1 aromatic carbocycles. The van der Waals surface area contributed by atoms with Gasteiger partial charge in [-0.2, -0.15) is 5.10 Å². The average Bonchev–Trinajstić information content (AvgIpc) is 3.11. The minimum atomic E-state index is -0.0879. The highest BCUT2D eigenvalue weighted by Crippen LogP contribution is 2.20. The van der Waals surface area contributed by atoms with Gasteiger partial charge in [-0.3, -0.25) is 9.48 Å². The molecule has 2 aromatic heterocycles. The third-order valence-electron chi connectivity index (χ3n) is 4.00. The summed E-state index contributed by atoms with van der Waals surface area (Å²) in [7, 11) is 1.91. The van der Waals surface area contributed by atoms with Gasteiger partial charge in [-0.1, -0.05) is 25.1 Å². The van der Waals surface area contributed by atoms with Crippen LogP contribution in [0.25, 0.3) is 11.1 Å². The Balaban J connectivity index is 1.61. The molecule has 1 amide bonds. The molecule has 3 rings (SSSR count). The van der Waals surface area contributed by atoms with Gasteiger partial charge in [0.05, 0.1) is 11.8 Å². The van der Waals surface area contributed by atoms with Crippen molar-refractivity contribution in [3.8, 4) is 11.1 Å². The molecule has 0 bridgehead atoms. The van der Waals surface area contributed by atoms with Crippen molar-refractivity contribution in [2.24, 2.45) is 7.05 Å². The van der Waals surface area contributed by atoms with Crippen LogP contribution >= 0.6 is 0 Å². The van der Waals surface area contributed by atoms with Crippen LogP contribution in [0.5, 0.6) is 0 Å². The highest BCUT2D eigenvalue weighted by molar-refractivity contribution is 5.94. The van der Waals surface area contributed by atoms with E-state index in [0.29, 0.717) is 18.7 Å². The van der Waals surface area contributed by atoms with E-state index in [1.807, 2.05) is 38.5 Å². The molecule has 0 atom stereocenters. The molecule has 134 valence electrons. The van der Waals surface area contributed by atoms with E-state index in [4.69, 9.17) is 0 Å². The van der Waals surface area contributed by atoms with Gasteiger partial charge in [0.2, 0.25) is 0 Å². The summed E-state index contributed by atoms with van der Waals surface area (Å²) in [6, 6.07) is 11.9. The number of anilines is 1. The van der Waals surface area contributed by atoms with Crippen molar-refractivity contribution in [3.63, 3.8) is 0 Å². The van der Waals surface area contributed by atoms with E-state index >= 15 is 0 Å². The Hall–Kier alpha value is -3.15. The maximum absolute atomic E-state index is 11.9. The predicted octanol–water partition coefficient (Wildman–Crippen LogP) is 3.23. The zero-order chi connectivity index (χ0) is 18.4. The van der Waals surface area contributed by atoms with Crippen molar-refractivity contribution in [2.45, 2.75) is 19.9 Å². The largest absolute Gasteiger partial charge is 0.366 e. The molecule has 0 aliphatic heterocycles. The lowest BCUT2D eigenvalue weighted by atomic mass is 10.1. The quantitative estimate of drug-likeness (QED) is 0.687. The summed E-state index contributed by atoms with van der Waals surface area (Å²) >= 11 is 0. The van der Waals surface area contributed by atoms with Crippen molar-refractivity contribution < 1.29 is 4.79 Å². The molecule has 0 saturated carbocycles. The first-order valence-electron chi connectivity index (χ1n) is 8.72. The number of benzene rings is 1. The Kier molecular flexibility index (Phi) is 5.63. The third kappa shape index (κ3) is 4.47. The zero-order valence-corrected chi connectivity index (χ0v) is 15.1. The van der Waals surface area contributed by atoms with Crippen LogP contribution in [0, 0.1) is 0 Å². The van der Waals surface area contributed by atoms with Gasteiger partial charge < -0.3 is 10.6 Å². The monoisotopic (exact) mass is 349 g/mol. The Bertz CT molecular complexity index is 870. The van der Waals surface area contributed by atoms with Gasteiger partial charge in [-0.25, -0.2) is 4.98 Å². The number of carbonyl (C=O) groups is 1. The van der Waals surface area contributed by atoms with Crippen molar-refractivity contribution >= 4 is 11.7 Å². The Morgan fingerprint density at radius 1 is 1.15 bits per heavy atom. The maximum Gasteiger partial charge on any atom is 0.252 e. The number of aromatic nitrogens is 3. The van der Waals surface area contributed by atoms with E-state index in [9.17, 15) is 4.79 Å². The first-order valence-corrected chi connectivity index (χ1v) is 8.72. The standard InChI is InChI=1S/C20H23N5O/c1-3-9-21-20(26)17-7-8-19(23-12-17)22-11-15-5-4-6-16(10-15)18-13-24-25(2)14-18/h4-8,10,12-14H,3,9,11H2,1-2H3,(H,21,26)(H,22,23).